The van der Waals surface area contributed by atoms with Crippen LogP contribution in [0, 0.1) is 16.0 Å². The van der Waals surface area contributed by atoms with Gasteiger partial charge in [-0.05, 0) is 18.8 Å². The van der Waals surface area contributed by atoms with Gasteiger partial charge in [-0.1, -0.05) is 0 Å². The first-order valence-electron chi connectivity index (χ1n) is 7.03. The topological polar surface area (TPSA) is 94.8 Å². The lowest BCUT2D eigenvalue weighted by molar-refractivity contribution is -0.384. The van der Waals surface area contributed by atoms with E-state index in [0.717, 1.165) is 12.8 Å². The minimum Gasteiger partial charge on any atom is -0.465 e. The number of carbonyl (C=O) groups is 1. The van der Waals surface area contributed by atoms with Crippen molar-refractivity contribution < 1.29 is 19.2 Å². The van der Waals surface area contributed by atoms with Crippen molar-refractivity contribution >= 4 is 17.5 Å². The summed E-state index contributed by atoms with van der Waals surface area (Å²) in [6.07, 6.45) is 3.26. The summed E-state index contributed by atoms with van der Waals surface area (Å²) in [7, 11) is 2.87. The number of rotatable bonds is 5. The van der Waals surface area contributed by atoms with E-state index in [9.17, 15) is 14.9 Å². The Hall–Kier alpha value is -2.22. The smallest absolute Gasteiger partial charge is 0.339 e. The lowest BCUT2D eigenvalue weighted by Crippen LogP contribution is -2.38. The van der Waals surface area contributed by atoms with Crippen LogP contribution in [0.15, 0.2) is 12.3 Å². The van der Waals surface area contributed by atoms with Crippen molar-refractivity contribution in [3.8, 4) is 0 Å². The van der Waals surface area contributed by atoms with E-state index in [-0.39, 0.29) is 11.3 Å². The third-order valence-electron chi connectivity index (χ3n) is 3.69. The molecule has 1 aromatic rings. The second-order valence-corrected chi connectivity index (χ2v) is 5.23. The van der Waals surface area contributed by atoms with Crippen LogP contribution in [0.1, 0.15) is 23.2 Å². The molecule has 1 atom stereocenters. The molecular formula is C14H19N3O5. The van der Waals surface area contributed by atoms with Crippen LogP contribution in [-0.4, -0.2) is 49.8 Å². The Balaban J connectivity index is 2.29. The highest BCUT2D eigenvalue weighted by Gasteiger charge is 2.28. The molecule has 0 aliphatic carbocycles. The van der Waals surface area contributed by atoms with Crippen LogP contribution in [0.25, 0.3) is 0 Å². The van der Waals surface area contributed by atoms with Crippen LogP contribution >= 0.6 is 0 Å². The molecule has 1 saturated heterocycles. The number of carbonyl (C=O) groups excluding carboxylic acids is 1. The van der Waals surface area contributed by atoms with Crippen LogP contribution in [0.3, 0.4) is 0 Å². The molecule has 1 aliphatic heterocycles. The maximum absolute atomic E-state index is 11.5. The molecule has 1 unspecified atom stereocenters. The van der Waals surface area contributed by atoms with Crippen molar-refractivity contribution in [3.05, 3.63) is 27.9 Å². The Morgan fingerprint density at radius 3 is 2.95 bits per heavy atom. The zero-order valence-electron chi connectivity index (χ0n) is 12.7. The average Bonchev–Trinajstić information content (AvgIpc) is 2.54. The molecule has 0 spiro atoms. The molecule has 0 radical (unpaired) electrons. The van der Waals surface area contributed by atoms with Gasteiger partial charge in [0.05, 0.1) is 24.2 Å². The second kappa shape index (κ2) is 7.17. The summed E-state index contributed by atoms with van der Waals surface area (Å²) in [5, 5.41) is 11.3. The Kier molecular flexibility index (Phi) is 5.26. The van der Waals surface area contributed by atoms with E-state index < -0.39 is 10.9 Å². The Labute approximate surface area is 128 Å². The highest BCUT2D eigenvalue weighted by atomic mass is 16.6. The lowest BCUT2D eigenvalue weighted by atomic mass is 9.99. The molecule has 1 fully saturated rings. The zero-order valence-corrected chi connectivity index (χ0v) is 12.7. The number of hydrogen-bond acceptors (Lipinski definition) is 7. The van der Waals surface area contributed by atoms with Crippen molar-refractivity contribution in [2.45, 2.75) is 12.8 Å². The van der Waals surface area contributed by atoms with Gasteiger partial charge in [-0.25, -0.2) is 9.78 Å². The number of methoxy groups -OCH3 is 2. The largest absolute Gasteiger partial charge is 0.465 e. The molecule has 8 nitrogen and oxygen atoms in total. The van der Waals surface area contributed by atoms with E-state index in [2.05, 4.69) is 9.72 Å². The molecule has 0 bridgehead atoms. The minimum absolute atomic E-state index is 0.0726. The van der Waals surface area contributed by atoms with E-state index in [1.807, 2.05) is 4.90 Å². The highest BCUT2D eigenvalue weighted by molar-refractivity contribution is 5.90. The molecule has 1 aliphatic rings. The molecule has 0 N–H and O–H groups in total. The van der Waals surface area contributed by atoms with Crippen LogP contribution in [0.5, 0.6) is 0 Å². The first-order valence-corrected chi connectivity index (χ1v) is 7.03. The summed E-state index contributed by atoms with van der Waals surface area (Å²) in [5.41, 5.74) is -0.107. The quantitative estimate of drug-likeness (QED) is 0.463. The first kappa shape index (κ1) is 16.2. The maximum Gasteiger partial charge on any atom is 0.339 e. The van der Waals surface area contributed by atoms with Gasteiger partial charge in [0.1, 0.15) is 0 Å². The number of hydrogen-bond donors (Lipinski definition) is 0. The normalized spacial score (nSPS) is 18.1. The molecule has 1 aromatic heterocycles. The van der Waals surface area contributed by atoms with Gasteiger partial charge in [0.25, 0.3) is 0 Å². The summed E-state index contributed by atoms with van der Waals surface area (Å²) in [6, 6.07) is 1.22. The third kappa shape index (κ3) is 3.51. The number of nitro groups is 1. The summed E-state index contributed by atoms with van der Waals surface area (Å²) in [4.78, 5) is 28.3. The summed E-state index contributed by atoms with van der Waals surface area (Å²) >= 11 is 0. The molecular weight excluding hydrogens is 290 g/mol. The van der Waals surface area contributed by atoms with Crippen molar-refractivity contribution in [2.24, 2.45) is 5.92 Å². The molecule has 8 heteroatoms. The van der Waals surface area contributed by atoms with Gasteiger partial charge in [0.2, 0.25) is 5.82 Å². The number of nitrogens with zero attached hydrogens (tertiary/aromatic N) is 3. The first-order chi connectivity index (χ1) is 10.6. The van der Waals surface area contributed by atoms with Crippen LogP contribution < -0.4 is 4.90 Å². The Morgan fingerprint density at radius 2 is 2.32 bits per heavy atom. The number of ether oxygens (including phenoxy) is 2. The number of aromatic nitrogens is 1. The molecule has 120 valence electrons. The second-order valence-electron chi connectivity index (χ2n) is 5.23. The van der Waals surface area contributed by atoms with Gasteiger partial charge in [-0.2, -0.15) is 0 Å². The van der Waals surface area contributed by atoms with Crippen molar-refractivity contribution in [1.29, 1.82) is 0 Å². The summed E-state index contributed by atoms with van der Waals surface area (Å²) in [6.45, 7) is 1.97. The standard InChI is InChI=1S/C14H19N3O5/c1-21-9-10-4-3-5-16(8-10)13-12(17(19)20)6-11(7-15-13)14(18)22-2/h6-7,10H,3-5,8-9H2,1-2H3. The minimum atomic E-state index is -0.641. The van der Waals surface area contributed by atoms with E-state index in [4.69, 9.17) is 4.74 Å². The highest BCUT2D eigenvalue weighted by Crippen LogP contribution is 2.30. The van der Waals surface area contributed by atoms with Crippen molar-refractivity contribution in [2.75, 3.05) is 38.8 Å². The van der Waals surface area contributed by atoms with Crippen LogP contribution in [-0.2, 0) is 9.47 Å². The van der Waals surface area contributed by atoms with E-state index in [1.54, 1.807) is 7.11 Å². The van der Waals surface area contributed by atoms with Crippen LogP contribution in [0.4, 0.5) is 11.5 Å². The zero-order chi connectivity index (χ0) is 16.1. The molecule has 0 saturated carbocycles. The maximum atomic E-state index is 11.5. The summed E-state index contributed by atoms with van der Waals surface area (Å²) < 4.78 is 9.74. The lowest BCUT2D eigenvalue weighted by Gasteiger charge is -2.32. The monoisotopic (exact) mass is 309 g/mol. The molecule has 22 heavy (non-hydrogen) atoms. The predicted octanol–water partition coefficient (Wildman–Crippen LogP) is 1.64. The third-order valence-corrected chi connectivity index (χ3v) is 3.69. The SMILES string of the molecule is COCC1CCCN(c2ncc(C(=O)OC)cc2[N+](=O)[O-])C1. The number of anilines is 1. The number of pyridine rings is 1. The van der Waals surface area contributed by atoms with Gasteiger partial charge >= 0.3 is 11.7 Å². The fourth-order valence-electron chi connectivity index (χ4n) is 2.68. The predicted molar refractivity (Wildman–Crippen MR) is 79.0 cm³/mol. The van der Waals surface area contributed by atoms with E-state index >= 15 is 0 Å². The van der Waals surface area contributed by atoms with Gasteiger partial charge < -0.3 is 14.4 Å². The van der Waals surface area contributed by atoms with Crippen molar-refractivity contribution in [3.63, 3.8) is 0 Å². The number of piperidine rings is 1. The van der Waals surface area contributed by atoms with Gasteiger partial charge in [-0.3, -0.25) is 10.1 Å². The Morgan fingerprint density at radius 1 is 1.55 bits per heavy atom. The average molecular weight is 309 g/mol. The Bertz CT molecular complexity index is 561. The molecule has 2 rings (SSSR count). The van der Waals surface area contributed by atoms with Gasteiger partial charge in [-0.15, -0.1) is 0 Å². The fraction of sp³-hybridized carbons (Fsp3) is 0.571. The molecule has 0 aromatic carbocycles. The van der Waals surface area contributed by atoms with Gasteiger partial charge in [0, 0.05) is 32.5 Å². The van der Waals surface area contributed by atoms with E-state index in [1.165, 1.54) is 19.4 Å². The van der Waals surface area contributed by atoms with Crippen LogP contribution in [0.2, 0.25) is 0 Å². The van der Waals surface area contributed by atoms with Crippen molar-refractivity contribution in [1.82, 2.24) is 4.98 Å². The fourth-order valence-corrected chi connectivity index (χ4v) is 2.68. The molecule has 0 amide bonds. The van der Waals surface area contributed by atoms with Gasteiger partial charge in [0.15, 0.2) is 0 Å². The molecule has 2 heterocycles. The van der Waals surface area contributed by atoms with E-state index in [0.29, 0.717) is 31.4 Å². The summed E-state index contributed by atoms with van der Waals surface area (Å²) in [5.74, 6) is -0.0306. The number of esters is 1.